The number of carbonyl (C=O) groups is 1. The first kappa shape index (κ1) is 15.0. The van der Waals surface area contributed by atoms with Gasteiger partial charge in [-0.25, -0.2) is 0 Å². The Bertz CT molecular complexity index is 799. The van der Waals surface area contributed by atoms with Crippen LogP contribution in [0.2, 0.25) is 0 Å². The molecule has 1 aromatic carbocycles. The number of nitrogens with one attached hydrogen (secondary N) is 1. The summed E-state index contributed by atoms with van der Waals surface area (Å²) in [5, 5.41) is 22.0. The highest BCUT2D eigenvalue weighted by atomic mass is 16.6. The Balaban J connectivity index is 2.34. The summed E-state index contributed by atoms with van der Waals surface area (Å²) < 4.78 is 5.50. The van der Waals surface area contributed by atoms with Gasteiger partial charge in [0.2, 0.25) is 0 Å². The van der Waals surface area contributed by atoms with E-state index in [1.165, 1.54) is 25.3 Å². The number of non-ortho nitro benzene ring substituents is 1. The largest absolute Gasteiger partial charge is 0.457 e. The number of nitrogens with zero attached hydrogens (tertiary/aromatic N) is 2. The fourth-order valence-electron chi connectivity index (χ4n) is 1.78. The van der Waals surface area contributed by atoms with Crippen molar-refractivity contribution in [1.29, 1.82) is 5.26 Å². The summed E-state index contributed by atoms with van der Waals surface area (Å²) in [6.07, 6.45) is 1.31. The smallest absolute Gasteiger partial charge is 0.270 e. The molecule has 110 valence electrons. The topological polar surface area (TPSA) is 109 Å². The van der Waals surface area contributed by atoms with Gasteiger partial charge in [0.05, 0.1) is 4.92 Å². The molecule has 7 nitrogen and oxygen atoms in total. The zero-order chi connectivity index (χ0) is 16.1. The molecule has 1 heterocycles. The van der Waals surface area contributed by atoms with Crippen LogP contribution < -0.4 is 5.32 Å². The van der Waals surface area contributed by atoms with E-state index in [0.717, 1.165) is 0 Å². The fourth-order valence-corrected chi connectivity index (χ4v) is 1.78. The molecule has 1 aromatic heterocycles. The van der Waals surface area contributed by atoms with Crippen molar-refractivity contribution in [2.45, 2.75) is 0 Å². The lowest BCUT2D eigenvalue weighted by Gasteiger charge is -1.97. The molecule has 22 heavy (non-hydrogen) atoms. The van der Waals surface area contributed by atoms with E-state index in [0.29, 0.717) is 17.1 Å². The number of likely N-dealkylation sites (N-methyl/N-ethyl adjacent to an activating group) is 1. The second-order valence-corrected chi connectivity index (χ2v) is 4.26. The van der Waals surface area contributed by atoms with Gasteiger partial charge in [0.15, 0.2) is 0 Å². The molecule has 7 heteroatoms. The third kappa shape index (κ3) is 3.19. The minimum atomic E-state index is -0.518. The molecule has 0 aliphatic carbocycles. The van der Waals surface area contributed by atoms with E-state index in [-0.39, 0.29) is 11.3 Å². The maximum absolute atomic E-state index is 11.4. The van der Waals surface area contributed by atoms with Crippen LogP contribution >= 0.6 is 0 Å². The molecule has 1 N–H and O–H groups in total. The maximum atomic E-state index is 11.4. The van der Waals surface area contributed by atoms with Crippen molar-refractivity contribution in [3.63, 3.8) is 0 Å². The van der Waals surface area contributed by atoms with E-state index in [1.54, 1.807) is 30.3 Å². The van der Waals surface area contributed by atoms with Crippen molar-refractivity contribution in [2.24, 2.45) is 0 Å². The molecule has 0 aliphatic heterocycles. The Hall–Kier alpha value is -3.40. The van der Waals surface area contributed by atoms with Crippen molar-refractivity contribution in [3.05, 3.63) is 57.8 Å². The van der Waals surface area contributed by atoms with Crippen molar-refractivity contribution in [2.75, 3.05) is 7.05 Å². The molecule has 0 unspecified atom stereocenters. The average Bonchev–Trinajstić information content (AvgIpc) is 3.00. The maximum Gasteiger partial charge on any atom is 0.270 e. The number of amides is 1. The molecular formula is C15H11N3O4. The molecule has 2 aromatic rings. The van der Waals surface area contributed by atoms with E-state index in [1.807, 2.05) is 0 Å². The highest BCUT2D eigenvalue weighted by Crippen LogP contribution is 2.26. The quantitative estimate of drug-likeness (QED) is 0.403. The average molecular weight is 297 g/mol. The molecule has 0 spiro atoms. The lowest BCUT2D eigenvalue weighted by molar-refractivity contribution is -0.384. The number of benzene rings is 1. The summed E-state index contributed by atoms with van der Waals surface area (Å²) in [7, 11) is 1.42. The van der Waals surface area contributed by atoms with Crippen LogP contribution in [0.5, 0.6) is 0 Å². The van der Waals surface area contributed by atoms with Crippen LogP contribution in [-0.4, -0.2) is 17.9 Å². The summed E-state index contributed by atoms with van der Waals surface area (Å²) in [6.45, 7) is 0. The number of nitriles is 1. The zero-order valence-electron chi connectivity index (χ0n) is 11.6. The Morgan fingerprint density at radius 2 is 2.18 bits per heavy atom. The minimum absolute atomic E-state index is 0.0472. The Kier molecular flexibility index (Phi) is 4.34. The van der Waals surface area contributed by atoms with Gasteiger partial charge in [-0.3, -0.25) is 14.9 Å². The molecule has 0 bridgehead atoms. The molecule has 0 atom stereocenters. The van der Waals surface area contributed by atoms with Crippen molar-refractivity contribution in [1.82, 2.24) is 5.32 Å². The van der Waals surface area contributed by atoms with Gasteiger partial charge in [0.25, 0.3) is 11.6 Å². The first-order valence-corrected chi connectivity index (χ1v) is 6.23. The second kappa shape index (κ2) is 6.37. The van der Waals surface area contributed by atoms with Crippen LogP contribution in [-0.2, 0) is 4.79 Å². The number of hydrogen-bond acceptors (Lipinski definition) is 5. The monoisotopic (exact) mass is 297 g/mol. The number of nitro benzene ring substituents is 1. The summed E-state index contributed by atoms with van der Waals surface area (Å²) >= 11 is 0. The zero-order valence-corrected chi connectivity index (χ0v) is 11.6. The van der Waals surface area contributed by atoms with E-state index >= 15 is 0 Å². The minimum Gasteiger partial charge on any atom is -0.457 e. The molecule has 0 saturated carbocycles. The molecule has 0 radical (unpaired) electrons. The first-order valence-electron chi connectivity index (χ1n) is 6.23. The molecular weight excluding hydrogens is 286 g/mol. The second-order valence-electron chi connectivity index (χ2n) is 4.26. The molecule has 0 aliphatic rings. The molecule has 2 rings (SSSR count). The van der Waals surface area contributed by atoms with Gasteiger partial charge in [-0.1, -0.05) is 12.1 Å². The number of furan rings is 1. The van der Waals surface area contributed by atoms with Gasteiger partial charge in [0.1, 0.15) is 23.2 Å². The molecule has 1 amide bonds. The lowest BCUT2D eigenvalue weighted by atomic mass is 10.1. The van der Waals surface area contributed by atoms with Crippen molar-refractivity contribution < 1.29 is 14.1 Å². The Morgan fingerprint density at radius 1 is 1.41 bits per heavy atom. The van der Waals surface area contributed by atoms with Crippen LogP contribution in [0.25, 0.3) is 17.4 Å². The predicted molar refractivity (Wildman–Crippen MR) is 78.5 cm³/mol. The van der Waals surface area contributed by atoms with Gasteiger partial charge in [0, 0.05) is 30.8 Å². The number of nitro groups is 1. The third-order valence-corrected chi connectivity index (χ3v) is 2.85. The van der Waals surface area contributed by atoms with Gasteiger partial charge in [-0.05, 0) is 12.1 Å². The summed E-state index contributed by atoms with van der Waals surface area (Å²) in [5.41, 5.74) is 0.392. The van der Waals surface area contributed by atoms with Gasteiger partial charge in [-0.15, -0.1) is 0 Å². The van der Waals surface area contributed by atoms with Crippen LogP contribution in [0.4, 0.5) is 5.69 Å². The lowest BCUT2D eigenvalue weighted by Crippen LogP contribution is -2.18. The first-order chi connectivity index (χ1) is 10.5. The van der Waals surface area contributed by atoms with E-state index in [2.05, 4.69) is 5.32 Å². The van der Waals surface area contributed by atoms with Gasteiger partial charge in [-0.2, -0.15) is 5.26 Å². The van der Waals surface area contributed by atoms with Crippen LogP contribution in [0, 0.1) is 21.4 Å². The number of carbonyl (C=O) groups excluding carboxylic acids is 1. The van der Waals surface area contributed by atoms with Crippen molar-refractivity contribution in [3.8, 4) is 17.4 Å². The summed E-state index contributed by atoms with van der Waals surface area (Å²) in [4.78, 5) is 21.7. The van der Waals surface area contributed by atoms with Gasteiger partial charge >= 0.3 is 0 Å². The SMILES string of the molecule is CNC(=O)C(C#N)=Cc1ccc(-c2cccc([N+](=O)[O-])c2)o1. The van der Waals surface area contributed by atoms with Gasteiger partial charge < -0.3 is 9.73 Å². The van der Waals surface area contributed by atoms with Crippen LogP contribution in [0.3, 0.4) is 0 Å². The highest BCUT2D eigenvalue weighted by Gasteiger charge is 2.11. The highest BCUT2D eigenvalue weighted by molar-refractivity contribution is 6.01. The van der Waals surface area contributed by atoms with Crippen molar-refractivity contribution >= 4 is 17.7 Å². The Labute approximate surface area is 125 Å². The molecule has 0 fully saturated rings. The van der Waals surface area contributed by atoms with E-state index in [4.69, 9.17) is 9.68 Å². The fraction of sp³-hybridized carbons (Fsp3) is 0.0667. The summed E-state index contributed by atoms with van der Waals surface area (Å²) in [5.74, 6) is 0.196. The molecule has 0 saturated heterocycles. The third-order valence-electron chi connectivity index (χ3n) is 2.85. The summed E-state index contributed by atoms with van der Waals surface area (Å²) in [6, 6.07) is 11.0. The van der Waals surface area contributed by atoms with E-state index < -0.39 is 10.8 Å². The number of rotatable bonds is 4. The van der Waals surface area contributed by atoms with Crippen LogP contribution in [0.15, 0.2) is 46.4 Å². The normalized spacial score (nSPS) is 10.8. The number of hydrogen-bond donors (Lipinski definition) is 1. The Morgan fingerprint density at radius 3 is 2.82 bits per heavy atom. The standard InChI is InChI=1S/C15H11N3O4/c1-17-15(19)11(9-16)8-13-5-6-14(22-13)10-3-2-4-12(7-10)18(20)21/h2-8H,1H3,(H,17,19). The van der Waals surface area contributed by atoms with Crippen LogP contribution in [0.1, 0.15) is 5.76 Å². The predicted octanol–water partition coefficient (Wildman–Crippen LogP) is 2.51. The van der Waals surface area contributed by atoms with E-state index in [9.17, 15) is 14.9 Å².